The second-order valence-electron chi connectivity index (χ2n) is 6.63. The van der Waals surface area contributed by atoms with Crippen LogP contribution in [0.4, 0.5) is 11.8 Å². The Bertz CT molecular complexity index is 685. The lowest BCUT2D eigenvalue weighted by Crippen LogP contribution is -2.57. The maximum Gasteiger partial charge on any atom is 0.225 e. The third-order valence-electron chi connectivity index (χ3n) is 4.96. The molecule has 2 aromatic heterocycles. The average Bonchev–Trinajstić information content (AvgIpc) is 2.63. The number of rotatable bonds is 2. The summed E-state index contributed by atoms with van der Waals surface area (Å²) in [5, 5.41) is 0. The van der Waals surface area contributed by atoms with Crippen molar-refractivity contribution in [3.8, 4) is 0 Å². The molecule has 4 heterocycles. The predicted octanol–water partition coefficient (Wildman–Crippen LogP) is 2.06. The Balaban J connectivity index is 1.44. The lowest BCUT2D eigenvalue weighted by Gasteiger charge is -2.47. The fourth-order valence-electron chi connectivity index (χ4n) is 3.62. The van der Waals surface area contributed by atoms with Crippen LogP contribution in [0.3, 0.4) is 0 Å². The maximum absolute atomic E-state index is 6.22. The monoisotopic (exact) mass is 325 g/mol. The van der Waals surface area contributed by atoms with Crippen LogP contribution in [0.5, 0.6) is 0 Å². The number of morpholine rings is 1. The van der Waals surface area contributed by atoms with E-state index in [1.165, 1.54) is 0 Å². The smallest absolute Gasteiger partial charge is 0.225 e. The quantitative estimate of drug-likeness (QED) is 0.842. The van der Waals surface area contributed by atoms with Gasteiger partial charge < -0.3 is 14.5 Å². The van der Waals surface area contributed by atoms with Gasteiger partial charge in [-0.05, 0) is 38.0 Å². The van der Waals surface area contributed by atoms with Crippen LogP contribution in [0.1, 0.15) is 18.5 Å². The first-order valence-corrected chi connectivity index (χ1v) is 8.59. The number of pyridine rings is 1. The van der Waals surface area contributed by atoms with E-state index < -0.39 is 0 Å². The van der Waals surface area contributed by atoms with E-state index in [-0.39, 0.29) is 5.60 Å². The topological polar surface area (TPSA) is 54.4 Å². The predicted molar refractivity (Wildman–Crippen MR) is 93.3 cm³/mol. The van der Waals surface area contributed by atoms with Gasteiger partial charge in [-0.25, -0.2) is 15.0 Å². The number of hydrogen-bond donors (Lipinski definition) is 0. The van der Waals surface area contributed by atoms with Crippen LogP contribution in [0.25, 0.3) is 0 Å². The van der Waals surface area contributed by atoms with Crippen LogP contribution >= 0.6 is 0 Å². The van der Waals surface area contributed by atoms with Gasteiger partial charge in [0.05, 0.1) is 18.8 Å². The van der Waals surface area contributed by atoms with Gasteiger partial charge in [-0.3, -0.25) is 0 Å². The number of hydrogen-bond acceptors (Lipinski definition) is 6. The van der Waals surface area contributed by atoms with Gasteiger partial charge in [0.1, 0.15) is 5.82 Å². The summed E-state index contributed by atoms with van der Waals surface area (Å²) in [4.78, 5) is 18.0. The molecule has 2 aromatic rings. The Hall–Kier alpha value is -2.21. The lowest BCUT2D eigenvalue weighted by atomic mass is 9.89. The number of anilines is 2. The second-order valence-corrected chi connectivity index (χ2v) is 6.63. The van der Waals surface area contributed by atoms with Crippen molar-refractivity contribution in [2.45, 2.75) is 25.4 Å². The molecule has 0 unspecified atom stereocenters. The maximum atomic E-state index is 6.22. The van der Waals surface area contributed by atoms with E-state index >= 15 is 0 Å². The third kappa shape index (κ3) is 3.06. The minimum atomic E-state index is -0.0855. The average molecular weight is 325 g/mol. The van der Waals surface area contributed by atoms with Crippen molar-refractivity contribution in [3.05, 3.63) is 42.4 Å². The minimum absolute atomic E-state index is 0.0855. The molecular weight excluding hydrogens is 302 g/mol. The molecule has 0 N–H and O–H groups in total. The van der Waals surface area contributed by atoms with E-state index in [4.69, 9.17) is 4.74 Å². The van der Waals surface area contributed by atoms with Crippen LogP contribution in [0.2, 0.25) is 0 Å². The molecule has 2 aliphatic rings. The SMILES string of the molecule is Cc1cccc(N2CCC3(CC2)CN(c2ncccn2)CCO3)n1. The van der Waals surface area contributed by atoms with E-state index in [0.717, 1.165) is 63.1 Å². The van der Waals surface area contributed by atoms with Crippen molar-refractivity contribution in [1.82, 2.24) is 15.0 Å². The standard InChI is InChI=1S/C18H23N5O/c1-15-4-2-5-16(21-15)22-10-6-18(7-11-22)14-23(12-13-24-18)17-19-8-3-9-20-17/h2-5,8-9H,6-7,10-14H2,1H3. The largest absolute Gasteiger partial charge is 0.371 e. The highest BCUT2D eigenvalue weighted by Crippen LogP contribution is 2.32. The Morgan fingerprint density at radius 2 is 1.79 bits per heavy atom. The van der Waals surface area contributed by atoms with Crippen molar-refractivity contribution in [3.63, 3.8) is 0 Å². The molecule has 0 atom stereocenters. The van der Waals surface area contributed by atoms with Crippen LogP contribution in [0.15, 0.2) is 36.7 Å². The first-order valence-electron chi connectivity index (χ1n) is 8.59. The fraction of sp³-hybridized carbons (Fsp3) is 0.500. The summed E-state index contributed by atoms with van der Waals surface area (Å²) < 4.78 is 6.22. The summed E-state index contributed by atoms with van der Waals surface area (Å²) in [5.41, 5.74) is 0.978. The van der Waals surface area contributed by atoms with E-state index in [9.17, 15) is 0 Å². The van der Waals surface area contributed by atoms with E-state index in [1.54, 1.807) is 12.4 Å². The summed E-state index contributed by atoms with van der Waals surface area (Å²) >= 11 is 0. The molecule has 126 valence electrons. The molecule has 0 amide bonds. The third-order valence-corrected chi connectivity index (χ3v) is 4.96. The first-order chi connectivity index (χ1) is 11.7. The van der Waals surface area contributed by atoms with Gasteiger partial charge in [-0.15, -0.1) is 0 Å². The second kappa shape index (κ2) is 6.36. The van der Waals surface area contributed by atoms with Crippen LogP contribution < -0.4 is 9.80 Å². The van der Waals surface area contributed by atoms with Crippen molar-refractivity contribution in [1.29, 1.82) is 0 Å². The number of aryl methyl sites for hydroxylation is 1. The molecular formula is C18H23N5O. The van der Waals surface area contributed by atoms with Gasteiger partial charge in [0.25, 0.3) is 0 Å². The van der Waals surface area contributed by atoms with Gasteiger partial charge in [-0.1, -0.05) is 6.07 Å². The number of piperidine rings is 1. The molecule has 2 fully saturated rings. The van der Waals surface area contributed by atoms with E-state index in [0.29, 0.717) is 0 Å². The van der Waals surface area contributed by atoms with Gasteiger partial charge in [-0.2, -0.15) is 0 Å². The van der Waals surface area contributed by atoms with Crippen molar-refractivity contribution < 1.29 is 4.74 Å². The lowest BCUT2D eigenvalue weighted by molar-refractivity contribution is -0.0708. The normalized spacial score (nSPS) is 20.4. The molecule has 4 rings (SSSR count). The Morgan fingerprint density at radius 1 is 1.00 bits per heavy atom. The van der Waals surface area contributed by atoms with Crippen LogP contribution in [0, 0.1) is 6.92 Å². The Kier molecular flexibility index (Phi) is 4.06. The summed E-state index contributed by atoms with van der Waals surface area (Å²) in [5.74, 6) is 1.88. The van der Waals surface area contributed by atoms with Crippen LogP contribution in [-0.2, 0) is 4.74 Å². The minimum Gasteiger partial charge on any atom is -0.371 e. The zero-order valence-corrected chi connectivity index (χ0v) is 14.1. The molecule has 0 aromatic carbocycles. The zero-order chi connectivity index (χ0) is 16.4. The summed E-state index contributed by atoms with van der Waals surface area (Å²) in [6.45, 7) is 6.44. The first kappa shape index (κ1) is 15.3. The molecule has 1 spiro atoms. The summed E-state index contributed by atoms with van der Waals surface area (Å²) in [7, 11) is 0. The van der Waals surface area contributed by atoms with Crippen molar-refractivity contribution in [2.24, 2.45) is 0 Å². The highest BCUT2D eigenvalue weighted by molar-refractivity contribution is 5.40. The van der Waals surface area contributed by atoms with Gasteiger partial charge in [0.15, 0.2) is 0 Å². The Labute approximate surface area is 142 Å². The zero-order valence-electron chi connectivity index (χ0n) is 14.1. The number of aromatic nitrogens is 3. The fourth-order valence-corrected chi connectivity index (χ4v) is 3.62. The molecule has 6 heteroatoms. The highest BCUT2D eigenvalue weighted by Gasteiger charge is 2.40. The molecule has 6 nitrogen and oxygen atoms in total. The van der Waals surface area contributed by atoms with Crippen LogP contribution in [-0.4, -0.2) is 53.3 Å². The van der Waals surface area contributed by atoms with Crippen molar-refractivity contribution >= 4 is 11.8 Å². The molecule has 0 bridgehead atoms. The molecule has 2 saturated heterocycles. The number of ether oxygens (including phenoxy) is 1. The molecule has 24 heavy (non-hydrogen) atoms. The number of nitrogens with zero attached hydrogens (tertiary/aromatic N) is 5. The van der Waals surface area contributed by atoms with Gasteiger partial charge >= 0.3 is 0 Å². The van der Waals surface area contributed by atoms with Gasteiger partial charge in [0, 0.05) is 37.7 Å². The van der Waals surface area contributed by atoms with E-state index in [1.807, 2.05) is 19.1 Å². The van der Waals surface area contributed by atoms with E-state index in [2.05, 4.69) is 36.9 Å². The summed E-state index contributed by atoms with van der Waals surface area (Å²) in [6, 6.07) is 8.06. The highest BCUT2D eigenvalue weighted by atomic mass is 16.5. The van der Waals surface area contributed by atoms with Crippen molar-refractivity contribution in [2.75, 3.05) is 42.6 Å². The molecule has 0 aliphatic carbocycles. The summed E-state index contributed by atoms with van der Waals surface area (Å²) in [6.07, 6.45) is 5.62. The molecule has 0 saturated carbocycles. The molecule has 0 radical (unpaired) electrons. The Morgan fingerprint density at radius 3 is 2.54 bits per heavy atom. The van der Waals surface area contributed by atoms with Gasteiger partial charge in [0.2, 0.25) is 5.95 Å². The molecule has 2 aliphatic heterocycles.